The van der Waals surface area contributed by atoms with Crippen molar-refractivity contribution in [2.24, 2.45) is 7.05 Å². The van der Waals surface area contributed by atoms with E-state index >= 15 is 0 Å². The zero-order valence-corrected chi connectivity index (χ0v) is 12.5. The second-order valence-corrected chi connectivity index (χ2v) is 5.66. The van der Waals surface area contributed by atoms with E-state index in [0.29, 0.717) is 12.7 Å². The molecule has 2 aromatic rings. The van der Waals surface area contributed by atoms with Gasteiger partial charge in [-0.1, -0.05) is 18.2 Å². The van der Waals surface area contributed by atoms with Gasteiger partial charge in [0.05, 0.1) is 30.5 Å². The van der Waals surface area contributed by atoms with E-state index in [-0.39, 0.29) is 6.61 Å². The molecule has 21 heavy (non-hydrogen) atoms. The summed E-state index contributed by atoms with van der Waals surface area (Å²) in [6.45, 7) is 3.52. The average molecular weight is 289 g/mol. The molecule has 0 bridgehead atoms. The van der Waals surface area contributed by atoms with E-state index in [2.05, 4.69) is 34.3 Å². The van der Waals surface area contributed by atoms with Crippen LogP contribution in [-0.4, -0.2) is 52.2 Å². The molecule has 0 amide bonds. The molecule has 1 aliphatic rings. The standard InChI is InChI=1S/C16H23N3O2/c1-18-16-5-3-2-4-14(16)15(17-18)12-19-8-6-13(7-9-19)21-11-10-20/h2-5,13,20H,6-12H2,1H3. The maximum Gasteiger partial charge on any atom is 0.0843 e. The lowest BCUT2D eigenvalue weighted by atomic mass is 10.1. The normalized spacial score (nSPS) is 17.6. The minimum Gasteiger partial charge on any atom is -0.394 e. The quantitative estimate of drug-likeness (QED) is 0.907. The molecular formula is C16H23N3O2. The van der Waals surface area contributed by atoms with Gasteiger partial charge in [-0.2, -0.15) is 5.10 Å². The number of hydrogen-bond acceptors (Lipinski definition) is 4. The van der Waals surface area contributed by atoms with E-state index in [1.54, 1.807) is 0 Å². The van der Waals surface area contributed by atoms with Crippen molar-refractivity contribution >= 4 is 10.9 Å². The first-order valence-corrected chi connectivity index (χ1v) is 7.63. The minimum absolute atomic E-state index is 0.111. The summed E-state index contributed by atoms with van der Waals surface area (Å²) >= 11 is 0. The lowest BCUT2D eigenvalue weighted by Gasteiger charge is -2.31. The Bertz CT molecular complexity index is 588. The predicted octanol–water partition coefficient (Wildman–Crippen LogP) is 1.55. The van der Waals surface area contributed by atoms with E-state index in [4.69, 9.17) is 9.84 Å². The molecule has 0 unspecified atom stereocenters. The van der Waals surface area contributed by atoms with Gasteiger partial charge in [0.15, 0.2) is 0 Å². The van der Waals surface area contributed by atoms with Crippen LogP contribution in [0.25, 0.3) is 10.9 Å². The number of aromatic nitrogens is 2. The van der Waals surface area contributed by atoms with Gasteiger partial charge in [0.1, 0.15) is 0 Å². The second kappa shape index (κ2) is 6.56. The van der Waals surface area contributed by atoms with Gasteiger partial charge >= 0.3 is 0 Å². The molecule has 114 valence electrons. The third kappa shape index (κ3) is 3.26. The van der Waals surface area contributed by atoms with Crippen molar-refractivity contribution in [1.29, 1.82) is 0 Å². The maximum absolute atomic E-state index is 8.80. The monoisotopic (exact) mass is 289 g/mol. The van der Waals surface area contributed by atoms with Crippen molar-refractivity contribution in [3.05, 3.63) is 30.0 Å². The Morgan fingerprint density at radius 2 is 2.05 bits per heavy atom. The molecule has 0 spiro atoms. The summed E-state index contributed by atoms with van der Waals surface area (Å²) in [7, 11) is 2.00. The molecule has 1 aromatic heterocycles. The fourth-order valence-corrected chi connectivity index (χ4v) is 3.07. The number of aryl methyl sites for hydroxylation is 1. The zero-order chi connectivity index (χ0) is 14.7. The van der Waals surface area contributed by atoms with Crippen LogP contribution in [0.4, 0.5) is 0 Å². The zero-order valence-electron chi connectivity index (χ0n) is 12.5. The van der Waals surface area contributed by atoms with Gasteiger partial charge in [-0.15, -0.1) is 0 Å². The summed E-state index contributed by atoms with van der Waals surface area (Å²) in [5, 5.41) is 14.7. The van der Waals surface area contributed by atoms with Crippen molar-refractivity contribution in [3.63, 3.8) is 0 Å². The Hall–Kier alpha value is -1.43. The topological polar surface area (TPSA) is 50.5 Å². The van der Waals surface area contributed by atoms with Crippen molar-refractivity contribution < 1.29 is 9.84 Å². The fraction of sp³-hybridized carbons (Fsp3) is 0.562. The molecule has 5 nitrogen and oxygen atoms in total. The Kier molecular flexibility index (Phi) is 4.53. The lowest BCUT2D eigenvalue weighted by Crippen LogP contribution is -2.37. The van der Waals surface area contributed by atoms with Crippen LogP contribution in [0.2, 0.25) is 0 Å². The van der Waals surface area contributed by atoms with Crippen LogP contribution in [0.5, 0.6) is 0 Å². The third-order valence-corrected chi connectivity index (χ3v) is 4.19. The molecule has 0 saturated carbocycles. The van der Waals surface area contributed by atoms with Crippen LogP contribution in [0.3, 0.4) is 0 Å². The summed E-state index contributed by atoms with van der Waals surface area (Å²) in [5.74, 6) is 0. The van der Waals surface area contributed by atoms with Crippen molar-refractivity contribution in [3.8, 4) is 0 Å². The first kappa shape index (κ1) is 14.5. The highest BCUT2D eigenvalue weighted by atomic mass is 16.5. The predicted molar refractivity (Wildman–Crippen MR) is 82.1 cm³/mol. The molecule has 5 heteroatoms. The highest BCUT2D eigenvalue weighted by Gasteiger charge is 2.21. The highest BCUT2D eigenvalue weighted by molar-refractivity contribution is 5.81. The molecule has 0 radical (unpaired) electrons. The number of para-hydroxylation sites is 1. The summed E-state index contributed by atoms with van der Waals surface area (Å²) in [4.78, 5) is 2.44. The van der Waals surface area contributed by atoms with Crippen LogP contribution in [0.15, 0.2) is 24.3 Å². The smallest absolute Gasteiger partial charge is 0.0843 e. The van der Waals surface area contributed by atoms with E-state index in [1.165, 1.54) is 10.9 Å². The van der Waals surface area contributed by atoms with E-state index < -0.39 is 0 Å². The van der Waals surface area contributed by atoms with Crippen LogP contribution in [0.1, 0.15) is 18.5 Å². The number of rotatable bonds is 5. The molecule has 1 fully saturated rings. The van der Waals surface area contributed by atoms with Crippen LogP contribution in [-0.2, 0) is 18.3 Å². The van der Waals surface area contributed by atoms with Crippen molar-refractivity contribution in [2.75, 3.05) is 26.3 Å². The van der Waals surface area contributed by atoms with Gasteiger partial charge in [-0.05, 0) is 18.9 Å². The summed E-state index contributed by atoms with van der Waals surface area (Å²) in [6, 6.07) is 8.38. The maximum atomic E-state index is 8.80. The van der Waals surface area contributed by atoms with Gasteiger partial charge < -0.3 is 9.84 Å². The first-order chi connectivity index (χ1) is 10.3. The van der Waals surface area contributed by atoms with Gasteiger partial charge in [-0.3, -0.25) is 9.58 Å². The van der Waals surface area contributed by atoms with E-state index in [0.717, 1.165) is 38.2 Å². The summed E-state index contributed by atoms with van der Waals surface area (Å²) in [6.07, 6.45) is 2.36. The molecule has 2 heterocycles. The number of piperidine rings is 1. The van der Waals surface area contributed by atoms with Crippen LogP contribution in [0, 0.1) is 0 Å². The first-order valence-electron chi connectivity index (χ1n) is 7.63. The lowest BCUT2D eigenvalue weighted by molar-refractivity contribution is -0.00915. The average Bonchev–Trinajstić information content (AvgIpc) is 2.83. The number of hydrogen-bond donors (Lipinski definition) is 1. The van der Waals surface area contributed by atoms with E-state index in [9.17, 15) is 0 Å². The Morgan fingerprint density at radius 1 is 1.29 bits per heavy atom. The van der Waals surface area contributed by atoms with Gasteiger partial charge in [0.25, 0.3) is 0 Å². The Balaban J connectivity index is 1.62. The van der Waals surface area contributed by atoms with E-state index in [1.807, 2.05) is 11.7 Å². The second-order valence-electron chi connectivity index (χ2n) is 5.66. The summed E-state index contributed by atoms with van der Waals surface area (Å²) in [5.41, 5.74) is 2.34. The van der Waals surface area contributed by atoms with Crippen molar-refractivity contribution in [1.82, 2.24) is 14.7 Å². The Labute approximate surface area is 125 Å². The molecule has 0 aliphatic carbocycles. The molecule has 1 saturated heterocycles. The molecular weight excluding hydrogens is 266 g/mol. The number of nitrogens with zero attached hydrogens (tertiary/aromatic N) is 3. The molecule has 1 aliphatic heterocycles. The SMILES string of the molecule is Cn1nc(CN2CCC(OCCO)CC2)c2ccccc21. The van der Waals surface area contributed by atoms with Crippen LogP contribution < -0.4 is 0 Å². The number of likely N-dealkylation sites (tertiary alicyclic amines) is 1. The Morgan fingerprint density at radius 3 is 2.81 bits per heavy atom. The minimum atomic E-state index is 0.111. The molecule has 3 rings (SSSR count). The molecule has 1 aromatic carbocycles. The third-order valence-electron chi connectivity index (χ3n) is 4.19. The number of benzene rings is 1. The number of aliphatic hydroxyl groups excluding tert-OH is 1. The largest absolute Gasteiger partial charge is 0.394 e. The molecule has 0 atom stereocenters. The number of aliphatic hydroxyl groups is 1. The highest BCUT2D eigenvalue weighted by Crippen LogP contribution is 2.21. The molecule has 1 N–H and O–H groups in total. The fourth-order valence-electron chi connectivity index (χ4n) is 3.07. The van der Waals surface area contributed by atoms with Gasteiger partial charge in [-0.25, -0.2) is 0 Å². The van der Waals surface area contributed by atoms with Gasteiger partial charge in [0, 0.05) is 32.1 Å². The summed E-state index contributed by atoms with van der Waals surface area (Å²) < 4.78 is 7.57. The number of ether oxygens (including phenoxy) is 1. The van der Waals surface area contributed by atoms with Gasteiger partial charge in [0.2, 0.25) is 0 Å². The van der Waals surface area contributed by atoms with Crippen LogP contribution >= 0.6 is 0 Å². The number of fused-ring (bicyclic) bond motifs is 1. The van der Waals surface area contributed by atoms with Crippen molar-refractivity contribution in [2.45, 2.75) is 25.5 Å².